The molecule has 0 bridgehead atoms. The number of hydrogen-bond acceptors (Lipinski definition) is 2. The van der Waals surface area contributed by atoms with E-state index in [-0.39, 0.29) is 0 Å². The molecule has 118 valence electrons. The SMILES string of the molecule is C[C@]12CC(=O)C[C@@H]1C[C@H]1[C@@H](CC[C@H]3C[C@H](CO)CC[C@@H]31)C2. The maximum Gasteiger partial charge on any atom is 0.133 e. The van der Waals surface area contributed by atoms with Gasteiger partial charge in [0, 0.05) is 19.4 Å². The van der Waals surface area contributed by atoms with E-state index in [1.807, 2.05) is 0 Å². The van der Waals surface area contributed by atoms with Gasteiger partial charge in [0.1, 0.15) is 5.78 Å². The number of aliphatic hydroxyl groups excluding tert-OH is 1. The molecule has 0 amide bonds. The number of carbonyl (C=O) groups is 1. The first-order valence-electron chi connectivity index (χ1n) is 9.21. The van der Waals surface area contributed by atoms with Crippen LogP contribution in [0.25, 0.3) is 0 Å². The molecule has 0 saturated heterocycles. The Morgan fingerprint density at radius 3 is 2.71 bits per heavy atom. The fourth-order valence-electron chi connectivity index (χ4n) is 6.78. The van der Waals surface area contributed by atoms with E-state index in [0.29, 0.717) is 29.6 Å². The quantitative estimate of drug-likeness (QED) is 0.797. The van der Waals surface area contributed by atoms with Crippen LogP contribution in [0.5, 0.6) is 0 Å². The molecule has 4 aliphatic rings. The zero-order valence-corrected chi connectivity index (χ0v) is 13.4. The van der Waals surface area contributed by atoms with Crippen LogP contribution in [0.4, 0.5) is 0 Å². The second-order valence-electron chi connectivity index (χ2n) is 9.00. The van der Waals surface area contributed by atoms with Crippen molar-refractivity contribution in [2.75, 3.05) is 6.61 Å². The van der Waals surface area contributed by atoms with Gasteiger partial charge in [0.25, 0.3) is 0 Å². The largest absolute Gasteiger partial charge is 0.396 e. The first-order valence-corrected chi connectivity index (χ1v) is 9.21. The summed E-state index contributed by atoms with van der Waals surface area (Å²) in [4.78, 5) is 12.0. The van der Waals surface area contributed by atoms with Crippen LogP contribution in [0, 0.1) is 40.9 Å². The molecule has 0 aromatic heterocycles. The van der Waals surface area contributed by atoms with Crippen LogP contribution in [0.1, 0.15) is 64.7 Å². The third-order valence-corrected chi connectivity index (χ3v) is 7.82. The van der Waals surface area contributed by atoms with E-state index >= 15 is 0 Å². The lowest BCUT2D eigenvalue weighted by Gasteiger charge is -2.54. The second kappa shape index (κ2) is 5.08. The van der Waals surface area contributed by atoms with Crippen molar-refractivity contribution >= 4 is 5.78 Å². The second-order valence-corrected chi connectivity index (χ2v) is 9.00. The molecular weight excluding hydrogens is 260 g/mol. The zero-order valence-electron chi connectivity index (χ0n) is 13.4. The fraction of sp³-hybridized carbons (Fsp3) is 0.947. The van der Waals surface area contributed by atoms with Crippen molar-refractivity contribution in [1.82, 2.24) is 0 Å². The van der Waals surface area contributed by atoms with Crippen molar-refractivity contribution in [3.05, 3.63) is 0 Å². The predicted molar refractivity (Wildman–Crippen MR) is 82.7 cm³/mol. The summed E-state index contributed by atoms with van der Waals surface area (Å²) in [5.41, 5.74) is 0.341. The molecule has 21 heavy (non-hydrogen) atoms. The summed E-state index contributed by atoms with van der Waals surface area (Å²) in [6.45, 7) is 2.79. The number of aliphatic hydroxyl groups is 1. The Balaban J connectivity index is 1.52. The summed E-state index contributed by atoms with van der Waals surface area (Å²) in [5.74, 6) is 5.36. The van der Waals surface area contributed by atoms with Crippen molar-refractivity contribution in [2.45, 2.75) is 64.7 Å². The Labute approximate surface area is 128 Å². The molecule has 0 radical (unpaired) electrons. The fourth-order valence-corrected chi connectivity index (χ4v) is 6.78. The molecule has 4 aliphatic carbocycles. The molecule has 0 aliphatic heterocycles. The van der Waals surface area contributed by atoms with E-state index in [2.05, 4.69) is 6.92 Å². The molecule has 2 nitrogen and oxygen atoms in total. The summed E-state index contributed by atoms with van der Waals surface area (Å²) in [6.07, 6.45) is 11.0. The number of carbonyl (C=O) groups excluding carboxylic acids is 1. The number of fused-ring (bicyclic) bond motifs is 4. The summed E-state index contributed by atoms with van der Waals surface area (Å²) in [5, 5.41) is 9.46. The normalized spacial score (nSPS) is 53.0. The van der Waals surface area contributed by atoms with E-state index in [4.69, 9.17) is 0 Å². The molecule has 0 spiro atoms. The molecule has 0 heterocycles. The van der Waals surface area contributed by atoms with Crippen molar-refractivity contribution in [3.63, 3.8) is 0 Å². The first kappa shape index (κ1) is 14.2. The Bertz CT molecular complexity index is 431. The van der Waals surface area contributed by atoms with Crippen molar-refractivity contribution in [1.29, 1.82) is 0 Å². The van der Waals surface area contributed by atoms with Crippen molar-refractivity contribution < 1.29 is 9.90 Å². The molecular formula is C19H30O2. The maximum absolute atomic E-state index is 12.0. The van der Waals surface area contributed by atoms with Crippen LogP contribution < -0.4 is 0 Å². The lowest BCUT2D eigenvalue weighted by atomic mass is 9.51. The minimum absolute atomic E-state index is 0.341. The minimum atomic E-state index is 0.341. The van der Waals surface area contributed by atoms with Gasteiger partial charge in [-0.1, -0.05) is 6.92 Å². The average Bonchev–Trinajstić information content (AvgIpc) is 2.76. The van der Waals surface area contributed by atoms with E-state index in [1.54, 1.807) is 0 Å². The highest BCUT2D eigenvalue weighted by Gasteiger charge is 2.53. The molecule has 0 unspecified atom stereocenters. The molecule has 1 N–H and O–H groups in total. The van der Waals surface area contributed by atoms with Crippen LogP contribution >= 0.6 is 0 Å². The predicted octanol–water partition coefficient (Wildman–Crippen LogP) is 3.82. The van der Waals surface area contributed by atoms with E-state index in [1.165, 1.54) is 44.9 Å². The Morgan fingerprint density at radius 1 is 1.10 bits per heavy atom. The van der Waals surface area contributed by atoms with Gasteiger partial charge in [-0.15, -0.1) is 0 Å². The van der Waals surface area contributed by atoms with E-state index in [0.717, 1.165) is 36.5 Å². The summed E-state index contributed by atoms with van der Waals surface area (Å²) in [7, 11) is 0. The van der Waals surface area contributed by atoms with Gasteiger partial charge in [-0.25, -0.2) is 0 Å². The highest BCUT2D eigenvalue weighted by Crippen LogP contribution is 2.61. The average molecular weight is 290 g/mol. The highest BCUT2D eigenvalue weighted by molar-refractivity contribution is 5.82. The van der Waals surface area contributed by atoms with Gasteiger partial charge in [0.15, 0.2) is 0 Å². The Morgan fingerprint density at radius 2 is 1.90 bits per heavy atom. The minimum Gasteiger partial charge on any atom is -0.396 e. The molecule has 2 heteroatoms. The van der Waals surface area contributed by atoms with Gasteiger partial charge in [-0.05, 0) is 85.9 Å². The summed E-state index contributed by atoms with van der Waals surface area (Å²) >= 11 is 0. The van der Waals surface area contributed by atoms with Crippen LogP contribution in [0.3, 0.4) is 0 Å². The summed E-state index contributed by atoms with van der Waals surface area (Å²) < 4.78 is 0. The molecule has 0 aromatic carbocycles. The smallest absolute Gasteiger partial charge is 0.133 e. The number of ketones is 1. The zero-order chi connectivity index (χ0) is 14.6. The molecule has 0 aromatic rings. The molecule has 4 rings (SSSR count). The molecule has 4 saturated carbocycles. The van der Waals surface area contributed by atoms with Crippen LogP contribution in [0.15, 0.2) is 0 Å². The Kier molecular flexibility index (Phi) is 3.44. The molecule has 7 atom stereocenters. The van der Waals surface area contributed by atoms with Gasteiger partial charge in [-0.3, -0.25) is 4.79 Å². The number of rotatable bonds is 1. The number of Topliss-reactive ketones (excluding diaryl/α,β-unsaturated/α-hetero) is 1. The van der Waals surface area contributed by atoms with Gasteiger partial charge in [0.2, 0.25) is 0 Å². The lowest BCUT2D eigenvalue weighted by molar-refractivity contribution is -0.118. The van der Waals surface area contributed by atoms with Gasteiger partial charge >= 0.3 is 0 Å². The third kappa shape index (κ3) is 2.29. The Hall–Kier alpha value is -0.370. The van der Waals surface area contributed by atoms with Gasteiger partial charge in [0.05, 0.1) is 0 Å². The highest BCUT2D eigenvalue weighted by atomic mass is 16.3. The topological polar surface area (TPSA) is 37.3 Å². The van der Waals surface area contributed by atoms with Crippen LogP contribution in [0.2, 0.25) is 0 Å². The molecule has 4 fully saturated rings. The summed E-state index contributed by atoms with van der Waals surface area (Å²) in [6, 6.07) is 0. The monoisotopic (exact) mass is 290 g/mol. The van der Waals surface area contributed by atoms with Crippen LogP contribution in [-0.2, 0) is 4.79 Å². The van der Waals surface area contributed by atoms with E-state index in [9.17, 15) is 9.90 Å². The van der Waals surface area contributed by atoms with Crippen molar-refractivity contribution in [3.8, 4) is 0 Å². The van der Waals surface area contributed by atoms with Gasteiger partial charge < -0.3 is 5.11 Å². The number of hydrogen-bond donors (Lipinski definition) is 1. The van der Waals surface area contributed by atoms with Crippen molar-refractivity contribution in [2.24, 2.45) is 40.9 Å². The van der Waals surface area contributed by atoms with E-state index < -0.39 is 0 Å². The third-order valence-electron chi connectivity index (χ3n) is 7.82. The van der Waals surface area contributed by atoms with Gasteiger partial charge in [-0.2, -0.15) is 0 Å². The van der Waals surface area contributed by atoms with Crippen LogP contribution in [-0.4, -0.2) is 17.5 Å². The maximum atomic E-state index is 12.0. The first-order chi connectivity index (χ1) is 10.1. The lowest BCUT2D eigenvalue weighted by Crippen LogP contribution is -2.46. The standard InChI is InChI=1S/C19H30O2/c1-19-9-14-4-3-13-6-12(11-20)2-5-17(13)18(14)8-15(19)7-16(21)10-19/h12-15,17-18,20H,2-11H2,1H3/t12-,13+,14+,15-,17+,18+,19+/m1/s1.